The van der Waals surface area contributed by atoms with Gasteiger partial charge in [-0.2, -0.15) is 0 Å². The van der Waals surface area contributed by atoms with Gasteiger partial charge in [0.15, 0.2) is 0 Å². The Hall–Kier alpha value is -3.37. The maximum atomic E-state index is 11.8. The molecule has 3 aromatic rings. The standard InChI is InChI=1S/C36H46ClN3O6/c1-5-26(15-18-43-3)39-16-13-25-19-24(20-32(44-4)29(25)21-39)23-46-35-27(9-7-10-30(35)37)31-11-8-12-34(38-31)40-17-14-28(36(41)42)33(22-40)45-6-2/h7-12,19-20,26,28,33H,5-6,13-18,21-23H2,1-4H3,(H,41,42)/t26?,28-,33+/m1/s1. The molecule has 0 saturated carbocycles. The van der Waals surface area contributed by atoms with Crippen LogP contribution in [0.15, 0.2) is 48.5 Å². The molecule has 1 unspecified atom stereocenters. The van der Waals surface area contributed by atoms with Gasteiger partial charge in [-0.05, 0) is 74.1 Å². The minimum Gasteiger partial charge on any atom is -0.496 e. The van der Waals surface area contributed by atoms with Crippen LogP contribution in [0.4, 0.5) is 5.82 Å². The third-order valence-corrected chi connectivity index (χ3v) is 9.49. The molecule has 0 radical (unpaired) electrons. The highest BCUT2D eigenvalue weighted by Gasteiger charge is 2.35. The van der Waals surface area contributed by atoms with Crippen LogP contribution in [0.1, 0.15) is 49.8 Å². The van der Waals surface area contributed by atoms with Crippen LogP contribution in [-0.4, -0.2) is 80.2 Å². The summed E-state index contributed by atoms with van der Waals surface area (Å²) in [6, 6.07) is 16.3. The van der Waals surface area contributed by atoms with Crippen LogP contribution in [0.25, 0.3) is 11.3 Å². The van der Waals surface area contributed by atoms with E-state index in [1.54, 1.807) is 14.2 Å². The number of benzene rings is 2. The topological polar surface area (TPSA) is 93.6 Å². The lowest BCUT2D eigenvalue weighted by Gasteiger charge is -2.37. The number of aromatic nitrogens is 1. The maximum absolute atomic E-state index is 11.8. The van der Waals surface area contributed by atoms with Crippen LogP contribution in [-0.2, 0) is 33.8 Å². The monoisotopic (exact) mass is 651 g/mol. The summed E-state index contributed by atoms with van der Waals surface area (Å²) in [4.78, 5) is 21.4. The molecular formula is C36H46ClN3O6. The third kappa shape index (κ3) is 7.77. The van der Waals surface area contributed by atoms with Gasteiger partial charge in [-0.15, -0.1) is 0 Å². The fourth-order valence-electron chi connectivity index (χ4n) is 6.74. The molecular weight excluding hydrogens is 606 g/mol. The van der Waals surface area contributed by atoms with E-state index in [0.29, 0.717) is 49.5 Å². The Bertz CT molecular complexity index is 1470. The maximum Gasteiger partial charge on any atom is 0.309 e. The number of rotatable bonds is 14. The summed E-state index contributed by atoms with van der Waals surface area (Å²) in [6.45, 7) is 8.58. The number of hydrogen-bond donors (Lipinski definition) is 1. The van der Waals surface area contributed by atoms with Crippen molar-refractivity contribution in [2.24, 2.45) is 5.92 Å². The van der Waals surface area contributed by atoms with Crippen molar-refractivity contribution in [3.8, 4) is 22.8 Å². The van der Waals surface area contributed by atoms with Crippen molar-refractivity contribution >= 4 is 23.4 Å². The lowest BCUT2D eigenvalue weighted by molar-refractivity contribution is -0.148. The van der Waals surface area contributed by atoms with Gasteiger partial charge in [-0.25, -0.2) is 4.98 Å². The van der Waals surface area contributed by atoms with E-state index < -0.39 is 18.0 Å². The number of methoxy groups -OCH3 is 2. The Labute approximate surface area is 277 Å². The first-order valence-electron chi connectivity index (χ1n) is 16.3. The van der Waals surface area contributed by atoms with E-state index in [4.69, 9.17) is 35.5 Å². The van der Waals surface area contributed by atoms with Gasteiger partial charge in [0.25, 0.3) is 0 Å². The van der Waals surface area contributed by atoms with Crippen LogP contribution in [0.3, 0.4) is 0 Å². The molecule has 3 atom stereocenters. The summed E-state index contributed by atoms with van der Waals surface area (Å²) in [5.74, 6) is 0.869. The van der Waals surface area contributed by atoms with E-state index >= 15 is 0 Å². The zero-order valence-electron chi connectivity index (χ0n) is 27.3. The van der Waals surface area contributed by atoms with E-state index in [1.807, 2.05) is 43.3 Å². The smallest absolute Gasteiger partial charge is 0.309 e. The number of nitrogens with zero attached hydrogens (tertiary/aromatic N) is 3. The van der Waals surface area contributed by atoms with E-state index in [1.165, 1.54) is 11.1 Å². The van der Waals surface area contributed by atoms with Crippen molar-refractivity contribution in [3.05, 3.63) is 70.2 Å². The molecule has 0 bridgehead atoms. The van der Waals surface area contributed by atoms with Gasteiger partial charge in [0.1, 0.15) is 23.9 Å². The van der Waals surface area contributed by atoms with E-state index in [9.17, 15) is 9.90 Å². The summed E-state index contributed by atoms with van der Waals surface area (Å²) < 4.78 is 23.5. The second kappa shape index (κ2) is 16.0. The predicted molar refractivity (Wildman–Crippen MR) is 180 cm³/mol. The van der Waals surface area contributed by atoms with Gasteiger partial charge in [0.05, 0.1) is 29.8 Å². The highest BCUT2D eigenvalue weighted by molar-refractivity contribution is 6.32. The molecule has 2 aromatic carbocycles. The number of pyridine rings is 1. The number of hydrogen-bond acceptors (Lipinski definition) is 8. The Balaban J connectivity index is 1.34. The molecule has 1 fully saturated rings. The highest BCUT2D eigenvalue weighted by atomic mass is 35.5. The van der Waals surface area contributed by atoms with Gasteiger partial charge >= 0.3 is 5.97 Å². The summed E-state index contributed by atoms with van der Waals surface area (Å²) in [5, 5.41) is 10.2. The summed E-state index contributed by atoms with van der Waals surface area (Å²) in [6.07, 6.45) is 3.15. The molecule has 1 aromatic heterocycles. The zero-order valence-corrected chi connectivity index (χ0v) is 28.1. The normalized spacial score (nSPS) is 19.0. The van der Waals surface area contributed by atoms with Gasteiger partial charge in [-0.1, -0.05) is 36.7 Å². The van der Waals surface area contributed by atoms with Gasteiger partial charge < -0.3 is 29.0 Å². The van der Waals surface area contributed by atoms with E-state index in [2.05, 4.69) is 28.9 Å². The number of carbonyl (C=O) groups is 1. The average molecular weight is 652 g/mol. The quantitative estimate of drug-likeness (QED) is 0.210. The van der Waals surface area contributed by atoms with Crippen molar-refractivity contribution < 1.29 is 28.8 Å². The molecule has 0 spiro atoms. The number of piperidine rings is 1. The van der Waals surface area contributed by atoms with Gasteiger partial charge in [-0.3, -0.25) is 9.69 Å². The third-order valence-electron chi connectivity index (χ3n) is 9.20. The number of ether oxygens (including phenoxy) is 4. The Morgan fingerprint density at radius 3 is 2.70 bits per heavy atom. The lowest BCUT2D eigenvalue weighted by Crippen LogP contribution is -2.48. The molecule has 1 N–H and O–H groups in total. The fourth-order valence-corrected chi connectivity index (χ4v) is 6.97. The molecule has 2 aliphatic rings. The van der Waals surface area contributed by atoms with Crippen LogP contribution < -0.4 is 14.4 Å². The van der Waals surface area contributed by atoms with Crippen molar-refractivity contribution in [3.63, 3.8) is 0 Å². The molecule has 9 nitrogen and oxygen atoms in total. The minimum absolute atomic E-state index is 0.327. The number of carboxylic acid groups (broad SMARTS) is 1. The van der Waals surface area contributed by atoms with E-state index in [0.717, 1.165) is 67.3 Å². The molecule has 46 heavy (non-hydrogen) atoms. The molecule has 1 saturated heterocycles. The largest absolute Gasteiger partial charge is 0.496 e. The molecule has 248 valence electrons. The molecule has 0 aliphatic carbocycles. The minimum atomic E-state index is -0.817. The Morgan fingerprint density at radius 1 is 1.13 bits per heavy atom. The number of anilines is 1. The number of halogens is 1. The Kier molecular flexibility index (Phi) is 11.8. The number of carboxylic acids is 1. The van der Waals surface area contributed by atoms with Crippen LogP contribution >= 0.6 is 11.6 Å². The number of para-hydroxylation sites is 1. The van der Waals surface area contributed by atoms with Gasteiger partial charge in [0, 0.05) is 63.7 Å². The van der Waals surface area contributed by atoms with Crippen LogP contribution in [0, 0.1) is 5.92 Å². The summed E-state index contributed by atoms with van der Waals surface area (Å²) >= 11 is 6.73. The van der Waals surface area contributed by atoms with Crippen molar-refractivity contribution in [1.82, 2.24) is 9.88 Å². The zero-order chi connectivity index (χ0) is 32.6. The van der Waals surface area contributed by atoms with Crippen LogP contribution in [0.2, 0.25) is 5.02 Å². The van der Waals surface area contributed by atoms with Crippen molar-refractivity contribution in [2.45, 2.75) is 64.8 Å². The second-order valence-corrected chi connectivity index (χ2v) is 12.4. The Morgan fingerprint density at radius 2 is 1.96 bits per heavy atom. The molecule has 0 amide bonds. The van der Waals surface area contributed by atoms with E-state index in [-0.39, 0.29) is 0 Å². The van der Waals surface area contributed by atoms with Crippen LogP contribution in [0.5, 0.6) is 11.5 Å². The fraction of sp³-hybridized carbons (Fsp3) is 0.500. The first-order chi connectivity index (χ1) is 22.4. The molecule has 5 rings (SSSR count). The lowest BCUT2D eigenvalue weighted by atomic mass is 9.93. The number of aliphatic carboxylic acids is 1. The van der Waals surface area contributed by atoms with Crippen molar-refractivity contribution in [2.75, 3.05) is 52.0 Å². The predicted octanol–water partition coefficient (Wildman–Crippen LogP) is 6.48. The average Bonchev–Trinajstić information content (AvgIpc) is 3.07. The van der Waals surface area contributed by atoms with Gasteiger partial charge in [0.2, 0.25) is 0 Å². The second-order valence-electron chi connectivity index (χ2n) is 12.0. The molecule has 2 aliphatic heterocycles. The molecule has 10 heteroatoms. The van der Waals surface area contributed by atoms with Crippen molar-refractivity contribution in [1.29, 1.82) is 0 Å². The highest BCUT2D eigenvalue weighted by Crippen LogP contribution is 2.38. The molecule has 3 heterocycles. The number of fused-ring (bicyclic) bond motifs is 1. The summed E-state index contributed by atoms with van der Waals surface area (Å²) in [7, 11) is 3.49. The first kappa shape index (κ1) is 34.0. The SMILES string of the molecule is CCO[C@H]1CN(c2cccc(-c3cccc(Cl)c3OCc3cc4c(c(OC)c3)CN(C(CC)CCOC)CC4)n2)CC[C@H]1C(=O)O. The first-order valence-corrected chi connectivity index (χ1v) is 16.6. The summed E-state index contributed by atoms with van der Waals surface area (Å²) in [5.41, 5.74) is 5.07.